The maximum Gasteiger partial charge on any atom is 0.0991 e. The molecule has 0 N–H and O–H groups in total. The lowest BCUT2D eigenvalue weighted by atomic mass is 10.0. The number of nitriles is 1. The van der Waals surface area contributed by atoms with Crippen LogP contribution in [0.1, 0.15) is 5.56 Å². The average molecular weight is 178 g/mol. The highest BCUT2D eigenvalue weighted by Crippen LogP contribution is 2.18. The van der Waals surface area contributed by atoms with Crippen molar-refractivity contribution in [2.24, 2.45) is 0 Å². The Morgan fingerprint density at radius 1 is 0.857 bits per heavy atom. The van der Waals surface area contributed by atoms with Gasteiger partial charge in [0.15, 0.2) is 0 Å². The Balaban J connectivity index is 2.40. The van der Waals surface area contributed by atoms with E-state index >= 15 is 0 Å². The van der Waals surface area contributed by atoms with Gasteiger partial charge in [0, 0.05) is 0 Å². The molecule has 0 aliphatic heterocycles. The molecule has 0 aromatic heterocycles. The molecule has 2 aromatic rings. The van der Waals surface area contributed by atoms with Crippen LogP contribution in [0.4, 0.5) is 0 Å². The van der Waals surface area contributed by atoms with Gasteiger partial charge in [-0.1, -0.05) is 36.4 Å². The van der Waals surface area contributed by atoms with Gasteiger partial charge < -0.3 is 0 Å². The fourth-order valence-electron chi connectivity index (χ4n) is 1.32. The smallest absolute Gasteiger partial charge is 0.0991 e. The van der Waals surface area contributed by atoms with Crippen molar-refractivity contribution in [2.45, 2.75) is 0 Å². The highest BCUT2D eigenvalue weighted by molar-refractivity contribution is 5.63. The van der Waals surface area contributed by atoms with Gasteiger partial charge in [0.25, 0.3) is 0 Å². The topological polar surface area (TPSA) is 23.8 Å². The monoisotopic (exact) mass is 178 g/mol. The van der Waals surface area contributed by atoms with Crippen LogP contribution >= 0.6 is 0 Å². The summed E-state index contributed by atoms with van der Waals surface area (Å²) in [7, 11) is 0. The molecule has 1 nitrogen and oxygen atoms in total. The molecule has 0 unspecified atom stereocenters. The van der Waals surface area contributed by atoms with Crippen molar-refractivity contribution in [1.29, 1.82) is 5.26 Å². The Labute approximate surface area is 83.2 Å². The standard InChI is InChI=1S/C13H8N/c14-10-11-6-8-13(9-7-11)12-4-2-1-3-5-12/h2-9H. The maximum absolute atomic E-state index is 8.64. The molecule has 0 amide bonds. The lowest BCUT2D eigenvalue weighted by Gasteiger charge is -1.99. The molecule has 0 saturated heterocycles. The van der Waals surface area contributed by atoms with Crippen LogP contribution in [0.5, 0.6) is 0 Å². The van der Waals surface area contributed by atoms with E-state index in [0.717, 1.165) is 11.1 Å². The molecule has 14 heavy (non-hydrogen) atoms. The van der Waals surface area contributed by atoms with E-state index < -0.39 is 0 Å². The van der Waals surface area contributed by atoms with E-state index in [0.29, 0.717) is 5.56 Å². The molecule has 1 heteroatoms. The molecule has 0 aliphatic carbocycles. The average Bonchev–Trinajstić information content (AvgIpc) is 2.30. The van der Waals surface area contributed by atoms with Crippen LogP contribution in [0.2, 0.25) is 0 Å². The van der Waals surface area contributed by atoms with Crippen LogP contribution in [0.3, 0.4) is 0 Å². The first-order chi connectivity index (χ1) is 6.90. The van der Waals surface area contributed by atoms with Crippen LogP contribution in [-0.2, 0) is 0 Å². The molecular formula is C13H8N. The van der Waals surface area contributed by atoms with Crippen molar-refractivity contribution in [1.82, 2.24) is 0 Å². The van der Waals surface area contributed by atoms with E-state index in [4.69, 9.17) is 5.26 Å². The van der Waals surface area contributed by atoms with Crippen LogP contribution in [-0.4, -0.2) is 0 Å². The summed E-state index contributed by atoms with van der Waals surface area (Å²) in [6.45, 7) is 0. The van der Waals surface area contributed by atoms with E-state index in [9.17, 15) is 0 Å². The summed E-state index contributed by atoms with van der Waals surface area (Å²) >= 11 is 0. The number of nitrogens with zero attached hydrogens (tertiary/aromatic N) is 1. The summed E-state index contributed by atoms with van der Waals surface area (Å²) in [6.07, 6.45) is 0. The van der Waals surface area contributed by atoms with Crippen molar-refractivity contribution in [3.8, 4) is 17.2 Å². The first-order valence-electron chi connectivity index (χ1n) is 4.37. The molecule has 65 valence electrons. The van der Waals surface area contributed by atoms with Crippen LogP contribution < -0.4 is 0 Å². The third-order valence-corrected chi connectivity index (χ3v) is 2.07. The molecule has 0 heterocycles. The second kappa shape index (κ2) is 3.76. The molecule has 0 spiro atoms. The Hall–Kier alpha value is -2.07. The molecule has 0 fully saturated rings. The zero-order valence-electron chi connectivity index (χ0n) is 7.57. The SMILES string of the molecule is N#Cc1ccc(-c2cc[c]cc2)cc1. The van der Waals surface area contributed by atoms with Gasteiger partial charge in [-0.15, -0.1) is 0 Å². The fraction of sp³-hybridized carbons (Fsp3) is 0. The van der Waals surface area contributed by atoms with Gasteiger partial charge in [0.05, 0.1) is 11.6 Å². The van der Waals surface area contributed by atoms with Crippen molar-refractivity contribution in [3.63, 3.8) is 0 Å². The minimum Gasteiger partial charge on any atom is -0.192 e. The molecular weight excluding hydrogens is 170 g/mol. The van der Waals surface area contributed by atoms with Gasteiger partial charge in [-0.2, -0.15) is 5.26 Å². The Kier molecular flexibility index (Phi) is 2.29. The molecule has 1 radical (unpaired) electrons. The van der Waals surface area contributed by atoms with E-state index in [1.165, 1.54) is 0 Å². The predicted molar refractivity (Wildman–Crippen MR) is 55.4 cm³/mol. The van der Waals surface area contributed by atoms with Crippen molar-refractivity contribution >= 4 is 0 Å². The van der Waals surface area contributed by atoms with E-state index in [2.05, 4.69) is 12.1 Å². The second-order valence-corrected chi connectivity index (χ2v) is 2.98. The molecule has 0 saturated carbocycles. The second-order valence-electron chi connectivity index (χ2n) is 2.98. The Morgan fingerprint density at radius 2 is 1.43 bits per heavy atom. The number of benzene rings is 2. The van der Waals surface area contributed by atoms with E-state index in [1.807, 2.05) is 48.5 Å². The zero-order chi connectivity index (χ0) is 9.80. The predicted octanol–water partition coefficient (Wildman–Crippen LogP) is 3.03. The zero-order valence-corrected chi connectivity index (χ0v) is 7.57. The van der Waals surface area contributed by atoms with Gasteiger partial charge in [0.2, 0.25) is 0 Å². The lowest BCUT2D eigenvalue weighted by Crippen LogP contribution is -1.77. The lowest BCUT2D eigenvalue weighted by molar-refractivity contribution is 1.48. The molecule has 0 aliphatic rings. The van der Waals surface area contributed by atoms with Gasteiger partial charge in [-0.05, 0) is 29.3 Å². The summed E-state index contributed by atoms with van der Waals surface area (Å²) in [5, 5.41) is 8.64. The first kappa shape index (κ1) is 8.52. The summed E-state index contributed by atoms with van der Waals surface area (Å²) in [5.41, 5.74) is 2.96. The highest BCUT2D eigenvalue weighted by atomic mass is 14.2. The van der Waals surface area contributed by atoms with E-state index in [1.54, 1.807) is 0 Å². The number of rotatable bonds is 1. The van der Waals surface area contributed by atoms with Gasteiger partial charge >= 0.3 is 0 Å². The van der Waals surface area contributed by atoms with Gasteiger partial charge in [0.1, 0.15) is 0 Å². The van der Waals surface area contributed by atoms with Crippen molar-refractivity contribution < 1.29 is 0 Å². The summed E-state index contributed by atoms with van der Waals surface area (Å²) in [6, 6.07) is 20.4. The minimum absolute atomic E-state index is 0.691. The van der Waals surface area contributed by atoms with Crippen molar-refractivity contribution in [3.05, 3.63) is 60.2 Å². The quantitative estimate of drug-likeness (QED) is 0.658. The molecule has 0 atom stereocenters. The first-order valence-corrected chi connectivity index (χ1v) is 4.37. The minimum atomic E-state index is 0.691. The maximum atomic E-state index is 8.64. The van der Waals surface area contributed by atoms with E-state index in [-0.39, 0.29) is 0 Å². The summed E-state index contributed by atoms with van der Waals surface area (Å²) in [5.74, 6) is 0. The molecule has 2 aromatic carbocycles. The number of hydrogen-bond acceptors (Lipinski definition) is 1. The number of hydrogen-bond donors (Lipinski definition) is 0. The third-order valence-electron chi connectivity index (χ3n) is 2.07. The highest BCUT2D eigenvalue weighted by Gasteiger charge is 1.95. The van der Waals surface area contributed by atoms with Crippen molar-refractivity contribution in [2.75, 3.05) is 0 Å². The van der Waals surface area contributed by atoms with Crippen LogP contribution in [0, 0.1) is 17.4 Å². The Morgan fingerprint density at radius 3 is 2.00 bits per heavy atom. The van der Waals surface area contributed by atoms with Gasteiger partial charge in [-0.25, -0.2) is 0 Å². The van der Waals surface area contributed by atoms with Gasteiger partial charge in [-0.3, -0.25) is 0 Å². The third kappa shape index (κ3) is 1.65. The fourth-order valence-corrected chi connectivity index (χ4v) is 1.32. The summed E-state index contributed by atoms with van der Waals surface area (Å²) in [4.78, 5) is 0. The van der Waals surface area contributed by atoms with Crippen LogP contribution in [0.15, 0.2) is 48.5 Å². The largest absolute Gasteiger partial charge is 0.192 e. The Bertz CT molecular complexity index is 449. The normalized spacial score (nSPS) is 9.36. The molecule has 2 rings (SSSR count). The van der Waals surface area contributed by atoms with Crippen LogP contribution in [0.25, 0.3) is 11.1 Å². The summed E-state index contributed by atoms with van der Waals surface area (Å²) < 4.78 is 0. The molecule has 0 bridgehead atoms.